The number of carbonyl (C=O) groups excluding carboxylic acids is 1. The number of nitrogens with two attached hydrogens (primary N) is 1. The van der Waals surface area contributed by atoms with Crippen molar-refractivity contribution in [2.75, 3.05) is 6.61 Å². The molecular formula is C23H27N3O3. The van der Waals surface area contributed by atoms with Crippen LogP contribution in [0.15, 0.2) is 41.7 Å². The number of aromatic amines is 1. The van der Waals surface area contributed by atoms with E-state index in [0.29, 0.717) is 18.6 Å². The van der Waals surface area contributed by atoms with Crippen molar-refractivity contribution in [1.82, 2.24) is 9.38 Å². The first kappa shape index (κ1) is 20.6. The highest BCUT2D eigenvalue weighted by Gasteiger charge is 2.21. The molecule has 3 N–H and O–H groups in total. The lowest BCUT2D eigenvalue weighted by molar-refractivity contribution is 0.0838. The minimum atomic E-state index is -0.476. The molecule has 0 aliphatic carbocycles. The molecule has 6 nitrogen and oxygen atoms in total. The lowest BCUT2D eigenvalue weighted by Gasteiger charge is -2.21. The van der Waals surface area contributed by atoms with Crippen LogP contribution >= 0.6 is 0 Å². The number of H-pyrrole nitrogens is 1. The maximum absolute atomic E-state index is 12.5. The van der Waals surface area contributed by atoms with E-state index in [1.54, 1.807) is 12.1 Å². The molecule has 6 heteroatoms. The summed E-state index contributed by atoms with van der Waals surface area (Å²) >= 11 is 0. The summed E-state index contributed by atoms with van der Waals surface area (Å²) in [7, 11) is 0. The second-order valence-electron chi connectivity index (χ2n) is 7.40. The van der Waals surface area contributed by atoms with Crippen molar-refractivity contribution in [2.24, 2.45) is 5.73 Å². The molecule has 0 aliphatic heterocycles. The molecule has 1 atom stereocenters. The van der Waals surface area contributed by atoms with E-state index < -0.39 is 5.91 Å². The van der Waals surface area contributed by atoms with Crippen molar-refractivity contribution >= 4 is 11.4 Å². The number of hydrogen-bond donors (Lipinski definition) is 2. The summed E-state index contributed by atoms with van der Waals surface area (Å²) in [6.45, 7) is 11.7. The average molecular weight is 393 g/mol. The van der Waals surface area contributed by atoms with E-state index in [0.717, 1.165) is 39.3 Å². The van der Waals surface area contributed by atoms with Gasteiger partial charge in [0.15, 0.2) is 0 Å². The molecule has 1 unspecified atom stereocenters. The van der Waals surface area contributed by atoms with Crippen molar-refractivity contribution in [3.8, 4) is 0 Å². The van der Waals surface area contributed by atoms with Gasteiger partial charge in [0, 0.05) is 34.5 Å². The van der Waals surface area contributed by atoms with E-state index >= 15 is 0 Å². The number of amides is 1. The number of nitrogens with one attached hydrogen (secondary N) is 1. The summed E-state index contributed by atoms with van der Waals surface area (Å²) in [6.07, 6.45) is 1.86. The smallest absolute Gasteiger partial charge is 0.251 e. The first-order valence-electron chi connectivity index (χ1n) is 9.60. The highest BCUT2D eigenvalue weighted by atomic mass is 16.5. The molecule has 0 fully saturated rings. The number of ether oxygens (including phenoxy) is 1. The number of aryl methyl sites for hydroxylation is 2. The molecule has 0 aliphatic rings. The Hall–Kier alpha value is -3.12. The zero-order chi connectivity index (χ0) is 21.3. The Morgan fingerprint density at radius 2 is 2.03 bits per heavy atom. The molecule has 0 bridgehead atoms. The van der Waals surface area contributed by atoms with Gasteiger partial charge in [0.2, 0.25) is 5.91 Å². The molecular weight excluding hydrogens is 366 g/mol. The van der Waals surface area contributed by atoms with E-state index in [4.69, 9.17) is 10.5 Å². The number of hydrogen-bond acceptors (Lipinski definition) is 3. The van der Waals surface area contributed by atoms with Crippen LogP contribution in [-0.4, -0.2) is 21.9 Å². The number of nitrogens with zero attached hydrogens (tertiary/aromatic N) is 1. The summed E-state index contributed by atoms with van der Waals surface area (Å²) in [5.74, 6) is -0.476. The SMILES string of the molecule is C=CCOC(C)c1c(C)c(C(N)=O)cc2ccc(Cc3c(C)cc(C)[nH]c3=O)n12. The van der Waals surface area contributed by atoms with Gasteiger partial charge in [-0.2, -0.15) is 0 Å². The summed E-state index contributed by atoms with van der Waals surface area (Å²) in [6, 6.07) is 7.67. The summed E-state index contributed by atoms with van der Waals surface area (Å²) in [4.78, 5) is 27.4. The van der Waals surface area contributed by atoms with Gasteiger partial charge in [0.05, 0.1) is 18.4 Å². The van der Waals surface area contributed by atoms with Crippen LogP contribution in [0.1, 0.15) is 57.2 Å². The lowest BCUT2D eigenvalue weighted by atomic mass is 10.0. The first-order chi connectivity index (χ1) is 13.7. The Morgan fingerprint density at radius 1 is 1.31 bits per heavy atom. The fourth-order valence-electron chi connectivity index (χ4n) is 3.92. The molecule has 3 heterocycles. The van der Waals surface area contributed by atoms with Gasteiger partial charge >= 0.3 is 0 Å². The van der Waals surface area contributed by atoms with Gasteiger partial charge in [-0.25, -0.2) is 0 Å². The van der Waals surface area contributed by atoms with Crippen LogP contribution in [0.25, 0.3) is 5.52 Å². The van der Waals surface area contributed by atoms with E-state index in [9.17, 15) is 9.59 Å². The number of primary amides is 1. The van der Waals surface area contributed by atoms with Crippen LogP contribution in [-0.2, 0) is 11.2 Å². The topological polar surface area (TPSA) is 89.6 Å². The number of aromatic nitrogens is 2. The number of pyridine rings is 2. The van der Waals surface area contributed by atoms with Crippen LogP contribution < -0.4 is 11.3 Å². The first-order valence-corrected chi connectivity index (χ1v) is 9.60. The van der Waals surface area contributed by atoms with Gasteiger partial charge in [0.1, 0.15) is 0 Å². The highest BCUT2D eigenvalue weighted by Crippen LogP contribution is 2.29. The lowest BCUT2D eigenvalue weighted by Crippen LogP contribution is -2.20. The maximum atomic E-state index is 12.5. The van der Waals surface area contributed by atoms with Crippen molar-refractivity contribution in [1.29, 1.82) is 0 Å². The molecule has 0 aromatic carbocycles. The molecule has 152 valence electrons. The van der Waals surface area contributed by atoms with Gasteiger partial charge in [-0.05, 0) is 63.1 Å². The molecule has 0 saturated heterocycles. The Balaban J connectivity index is 2.22. The van der Waals surface area contributed by atoms with Crippen LogP contribution in [0.4, 0.5) is 0 Å². The van der Waals surface area contributed by atoms with Crippen LogP contribution in [0.5, 0.6) is 0 Å². The van der Waals surface area contributed by atoms with E-state index in [2.05, 4.69) is 16.0 Å². The third-order valence-corrected chi connectivity index (χ3v) is 5.28. The van der Waals surface area contributed by atoms with Crippen LogP contribution in [0.2, 0.25) is 0 Å². The molecule has 0 spiro atoms. The van der Waals surface area contributed by atoms with Crippen molar-refractivity contribution < 1.29 is 9.53 Å². The summed E-state index contributed by atoms with van der Waals surface area (Å²) in [5.41, 5.74) is 11.9. The minimum absolute atomic E-state index is 0.0829. The largest absolute Gasteiger partial charge is 0.368 e. The Morgan fingerprint density at radius 3 is 2.66 bits per heavy atom. The fourth-order valence-corrected chi connectivity index (χ4v) is 3.92. The minimum Gasteiger partial charge on any atom is -0.368 e. The van der Waals surface area contributed by atoms with E-state index in [1.165, 1.54) is 0 Å². The Kier molecular flexibility index (Phi) is 5.75. The number of rotatable bonds is 7. The standard InChI is InChI=1S/C23H27N3O3/c1-6-9-29-16(5)21-15(4)20(22(24)27)12-18-8-7-17(26(18)21)11-19-13(2)10-14(3)25-23(19)28/h6-8,10,12,16H,1,9,11H2,2-5H3,(H2,24,27)(H,25,28). The third kappa shape index (κ3) is 3.89. The predicted octanol–water partition coefficient (Wildman–Crippen LogP) is 3.51. The molecule has 0 saturated carbocycles. The fraction of sp³-hybridized carbons (Fsp3) is 0.304. The van der Waals surface area contributed by atoms with Gasteiger partial charge < -0.3 is 19.9 Å². The molecule has 1 amide bonds. The quantitative estimate of drug-likeness (QED) is 0.602. The van der Waals surface area contributed by atoms with E-state index in [1.807, 2.05) is 45.9 Å². The average Bonchev–Trinajstić information content (AvgIpc) is 3.04. The monoisotopic (exact) mass is 393 g/mol. The zero-order valence-electron chi connectivity index (χ0n) is 17.3. The number of fused-ring (bicyclic) bond motifs is 1. The normalized spacial score (nSPS) is 12.3. The molecule has 0 radical (unpaired) electrons. The van der Waals surface area contributed by atoms with Gasteiger partial charge in [-0.3, -0.25) is 9.59 Å². The molecule has 3 aromatic heterocycles. The van der Waals surface area contributed by atoms with Gasteiger partial charge in [0.25, 0.3) is 5.56 Å². The molecule has 3 rings (SSSR count). The molecule has 3 aromatic rings. The highest BCUT2D eigenvalue weighted by molar-refractivity contribution is 5.95. The Bertz CT molecular complexity index is 1150. The maximum Gasteiger partial charge on any atom is 0.251 e. The Labute approximate surface area is 170 Å². The third-order valence-electron chi connectivity index (χ3n) is 5.28. The molecule has 29 heavy (non-hydrogen) atoms. The number of carbonyl (C=O) groups is 1. The van der Waals surface area contributed by atoms with Crippen molar-refractivity contribution in [2.45, 2.75) is 40.2 Å². The second kappa shape index (κ2) is 8.09. The van der Waals surface area contributed by atoms with E-state index in [-0.39, 0.29) is 11.7 Å². The van der Waals surface area contributed by atoms with Crippen LogP contribution in [0.3, 0.4) is 0 Å². The summed E-state index contributed by atoms with van der Waals surface area (Å²) in [5, 5.41) is 0. The zero-order valence-corrected chi connectivity index (χ0v) is 17.3. The van der Waals surface area contributed by atoms with Crippen LogP contribution in [0, 0.1) is 20.8 Å². The predicted molar refractivity (Wildman–Crippen MR) is 115 cm³/mol. The van der Waals surface area contributed by atoms with Crippen molar-refractivity contribution in [3.63, 3.8) is 0 Å². The van der Waals surface area contributed by atoms with Crippen molar-refractivity contribution in [3.05, 3.63) is 86.6 Å². The van der Waals surface area contributed by atoms with Gasteiger partial charge in [-0.15, -0.1) is 6.58 Å². The summed E-state index contributed by atoms with van der Waals surface area (Å²) < 4.78 is 7.94. The van der Waals surface area contributed by atoms with Gasteiger partial charge in [-0.1, -0.05) is 6.08 Å². The second-order valence-corrected chi connectivity index (χ2v) is 7.40.